The molecule has 3 unspecified atom stereocenters. The Morgan fingerprint density at radius 1 is 1.35 bits per heavy atom. The number of likely N-dealkylation sites (tertiary alicyclic amines) is 1. The smallest absolute Gasteiger partial charge is 0.326 e. The van der Waals surface area contributed by atoms with Crippen molar-refractivity contribution in [1.82, 2.24) is 4.90 Å². The van der Waals surface area contributed by atoms with Crippen LogP contribution in [0.3, 0.4) is 0 Å². The SMILES string of the molecule is CC1CCN(C(=O)C2CCSC2)C(C(=O)O)C1. The van der Waals surface area contributed by atoms with Crippen LogP contribution in [-0.2, 0) is 9.59 Å². The van der Waals surface area contributed by atoms with Crippen LogP contribution in [0.5, 0.6) is 0 Å². The van der Waals surface area contributed by atoms with Gasteiger partial charge in [-0.25, -0.2) is 4.79 Å². The summed E-state index contributed by atoms with van der Waals surface area (Å²) in [5.41, 5.74) is 0. The number of carbonyl (C=O) groups excluding carboxylic acids is 1. The number of carboxylic acid groups (broad SMARTS) is 1. The van der Waals surface area contributed by atoms with Crippen LogP contribution in [0.4, 0.5) is 0 Å². The lowest BCUT2D eigenvalue weighted by Gasteiger charge is -2.37. The van der Waals surface area contributed by atoms with Crippen molar-refractivity contribution in [3.63, 3.8) is 0 Å². The van der Waals surface area contributed by atoms with Crippen LogP contribution in [-0.4, -0.2) is 46.0 Å². The molecule has 17 heavy (non-hydrogen) atoms. The Morgan fingerprint density at radius 3 is 2.71 bits per heavy atom. The first-order chi connectivity index (χ1) is 8.09. The molecule has 0 radical (unpaired) electrons. The highest BCUT2D eigenvalue weighted by molar-refractivity contribution is 7.99. The topological polar surface area (TPSA) is 57.6 Å². The van der Waals surface area contributed by atoms with Gasteiger partial charge in [0.15, 0.2) is 0 Å². The average molecular weight is 257 g/mol. The van der Waals surface area contributed by atoms with Crippen LogP contribution >= 0.6 is 11.8 Å². The first-order valence-electron chi connectivity index (χ1n) is 6.20. The monoisotopic (exact) mass is 257 g/mol. The molecule has 2 saturated heterocycles. The number of nitrogens with zero attached hydrogens (tertiary/aromatic N) is 1. The molecule has 2 aliphatic rings. The minimum atomic E-state index is -0.851. The lowest BCUT2D eigenvalue weighted by Crippen LogP contribution is -2.51. The second-order valence-electron chi connectivity index (χ2n) is 5.08. The lowest BCUT2D eigenvalue weighted by atomic mass is 9.91. The molecule has 2 aliphatic heterocycles. The van der Waals surface area contributed by atoms with Gasteiger partial charge in [-0.15, -0.1) is 0 Å². The molecule has 0 aromatic carbocycles. The molecule has 96 valence electrons. The summed E-state index contributed by atoms with van der Waals surface area (Å²) < 4.78 is 0. The third-order valence-corrected chi connectivity index (χ3v) is 4.87. The number of rotatable bonds is 2. The Labute approximate surface area is 106 Å². The maximum Gasteiger partial charge on any atom is 0.326 e. The van der Waals surface area contributed by atoms with Crippen LogP contribution in [0.25, 0.3) is 0 Å². The van der Waals surface area contributed by atoms with Crippen molar-refractivity contribution < 1.29 is 14.7 Å². The van der Waals surface area contributed by atoms with Crippen molar-refractivity contribution in [1.29, 1.82) is 0 Å². The molecule has 2 rings (SSSR count). The number of amides is 1. The van der Waals surface area contributed by atoms with Crippen molar-refractivity contribution in [3.8, 4) is 0 Å². The standard InChI is InChI=1S/C12H19NO3S/c1-8-2-4-13(10(6-8)12(15)16)11(14)9-3-5-17-7-9/h8-10H,2-7H2,1H3,(H,15,16). The molecule has 2 heterocycles. The van der Waals surface area contributed by atoms with E-state index in [4.69, 9.17) is 0 Å². The lowest BCUT2D eigenvalue weighted by molar-refractivity contribution is -0.154. The summed E-state index contributed by atoms with van der Waals surface area (Å²) in [5.74, 6) is 1.55. The first kappa shape index (κ1) is 12.7. The highest BCUT2D eigenvalue weighted by Gasteiger charge is 2.38. The van der Waals surface area contributed by atoms with Crippen molar-refractivity contribution >= 4 is 23.6 Å². The van der Waals surface area contributed by atoms with Crippen molar-refractivity contribution in [3.05, 3.63) is 0 Å². The van der Waals surface area contributed by atoms with E-state index >= 15 is 0 Å². The predicted molar refractivity (Wildman–Crippen MR) is 67.0 cm³/mol. The van der Waals surface area contributed by atoms with E-state index in [-0.39, 0.29) is 11.8 Å². The molecule has 0 saturated carbocycles. The van der Waals surface area contributed by atoms with Gasteiger partial charge in [-0.2, -0.15) is 11.8 Å². The van der Waals surface area contributed by atoms with Gasteiger partial charge in [-0.1, -0.05) is 6.92 Å². The van der Waals surface area contributed by atoms with E-state index < -0.39 is 12.0 Å². The summed E-state index contributed by atoms with van der Waals surface area (Å²) in [6.07, 6.45) is 2.43. The van der Waals surface area contributed by atoms with Gasteiger partial charge in [0.2, 0.25) is 5.91 Å². The number of thioether (sulfide) groups is 1. The van der Waals surface area contributed by atoms with Crippen LogP contribution in [0, 0.1) is 11.8 Å². The van der Waals surface area contributed by atoms with E-state index in [2.05, 4.69) is 6.92 Å². The van der Waals surface area contributed by atoms with Crippen LogP contribution in [0.15, 0.2) is 0 Å². The third-order valence-electron chi connectivity index (χ3n) is 3.71. The Morgan fingerprint density at radius 2 is 2.12 bits per heavy atom. The summed E-state index contributed by atoms with van der Waals surface area (Å²) in [4.78, 5) is 25.1. The third kappa shape index (κ3) is 2.76. The predicted octanol–water partition coefficient (Wildman–Crippen LogP) is 1.45. The zero-order valence-corrected chi connectivity index (χ0v) is 10.9. The normalized spacial score (nSPS) is 33.7. The largest absolute Gasteiger partial charge is 0.480 e. The number of piperidine rings is 1. The average Bonchev–Trinajstić information content (AvgIpc) is 2.81. The summed E-state index contributed by atoms with van der Waals surface area (Å²) in [6.45, 7) is 2.67. The molecule has 5 heteroatoms. The van der Waals surface area contributed by atoms with Gasteiger partial charge in [0.25, 0.3) is 0 Å². The van der Waals surface area contributed by atoms with E-state index in [0.717, 1.165) is 24.3 Å². The minimum absolute atomic E-state index is 0.0512. The highest BCUT2D eigenvalue weighted by Crippen LogP contribution is 2.29. The molecule has 3 atom stereocenters. The van der Waals surface area contributed by atoms with Crippen LogP contribution < -0.4 is 0 Å². The fourth-order valence-corrected chi connectivity index (χ4v) is 3.81. The first-order valence-corrected chi connectivity index (χ1v) is 7.36. The van der Waals surface area contributed by atoms with Gasteiger partial charge in [-0.3, -0.25) is 4.79 Å². The number of aliphatic carboxylic acids is 1. The zero-order chi connectivity index (χ0) is 12.4. The number of carbonyl (C=O) groups is 2. The van der Waals surface area contributed by atoms with Gasteiger partial charge < -0.3 is 10.0 Å². The fourth-order valence-electron chi connectivity index (χ4n) is 2.60. The van der Waals surface area contributed by atoms with Gasteiger partial charge in [-0.05, 0) is 30.9 Å². The number of hydrogen-bond donors (Lipinski definition) is 1. The molecule has 0 aliphatic carbocycles. The molecule has 1 amide bonds. The molecule has 1 N–H and O–H groups in total. The molecular formula is C12H19NO3S. The van der Waals surface area contributed by atoms with E-state index in [1.807, 2.05) is 0 Å². The van der Waals surface area contributed by atoms with E-state index in [1.54, 1.807) is 16.7 Å². The molecule has 0 aromatic rings. The summed E-state index contributed by atoms with van der Waals surface area (Å²) in [5, 5.41) is 9.22. The maximum absolute atomic E-state index is 12.3. The van der Waals surface area contributed by atoms with E-state index in [9.17, 15) is 14.7 Å². The summed E-state index contributed by atoms with van der Waals surface area (Å²) in [7, 11) is 0. The Balaban J connectivity index is 2.06. The molecule has 0 aromatic heterocycles. The molecule has 0 spiro atoms. The molecule has 2 fully saturated rings. The molecule has 4 nitrogen and oxygen atoms in total. The fraction of sp³-hybridized carbons (Fsp3) is 0.833. The molecule has 0 bridgehead atoms. The van der Waals surface area contributed by atoms with Crippen LogP contribution in [0.1, 0.15) is 26.2 Å². The van der Waals surface area contributed by atoms with Gasteiger partial charge in [0.05, 0.1) is 0 Å². The zero-order valence-electron chi connectivity index (χ0n) is 10.1. The number of carboxylic acids is 1. The van der Waals surface area contributed by atoms with Crippen molar-refractivity contribution in [2.24, 2.45) is 11.8 Å². The van der Waals surface area contributed by atoms with Gasteiger partial charge >= 0.3 is 5.97 Å². The summed E-state index contributed by atoms with van der Waals surface area (Å²) in [6, 6.07) is -0.600. The Bertz CT molecular complexity index is 315. The second-order valence-corrected chi connectivity index (χ2v) is 6.23. The van der Waals surface area contributed by atoms with E-state index in [0.29, 0.717) is 18.9 Å². The molecular weight excluding hydrogens is 238 g/mol. The van der Waals surface area contributed by atoms with Crippen molar-refractivity contribution in [2.45, 2.75) is 32.2 Å². The van der Waals surface area contributed by atoms with Crippen LogP contribution in [0.2, 0.25) is 0 Å². The maximum atomic E-state index is 12.3. The Hall–Kier alpha value is -0.710. The highest BCUT2D eigenvalue weighted by atomic mass is 32.2. The van der Waals surface area contributed by atoms with Gasteiger partial charge in [0, 0.05) is 18.2 Å². The Kier molecular flexibility index (Phi) is 3.97. The quantitative estimate of drug-likeness (QED) is 0.813. The number of hydrogen-bond acceptors (Lipinski definition) is 3. The van der Waals surface area contributed by atoms with Crippen molar-refractivity contribution in [2.75, 3.05) is 18.1 Å². The van der Waals surface area contributed by atoms with Gasteiger partial charge in [0.1, 0.15) is 6.04 Å². The minimum Gasteiger partial charge on any atom is -0.480 e. The summed E-state index contributed by atoms with van der Waals surface area (Å²) >= 11 is 1.79. The second kappa shape index (κ2) is 5.29. The van der Waals surface area contributed by atoms with E-state index in [1.165, 1.54) is 0 Å².